The molecule has 3 aromatic rings. The Morgan fingerprint density at radius 1 is 1.00 bits per heavy atom. The summed E-state index contributed by atoms with van der Waals surface area (Å²) in [6.07, 6.45) is 0.623. The van der Waals surface area contributed by atoms with Crippen LogP contribution < -0.4 is 9.04 Å². The van der Waals surface area contributed by atoms with Gasteiger partial charge in [-0.15, -0.1) is 0 Å². The van der Waals surface area contributed by atoms with E-state index in [-0.39, 0.29) is 0 Å². The molecule has 0 atom stereocenters. The van der Waals surface area contributed by atoms with Gasteiger partial charge in [-0.3, -0.25) is 4.31 Å². The molecule has 0 saturated carbocycles. The Balaban J connectivity index is 1.51. The second kappa shape index (κ2) is 6.08. The Labute approximate surface area is 147 Å². The third kappa shape index (κ3) is 2.74. The van der Waals surface area contributed by atoms with Crippen LogP contribution in [0.3, 0.4) is 0 Å². The van der Waals surface area contributed by atoms with Crippen LogP contribution in [0, 0.1) is 6.92 Å². The van der Waals surface area contributed by atoms with Gasteiger partial charge in [0.1, 0.15) is 5.75 Å². The summed E-state index contributed by atoms with van der Waals surface area (Å²) in [6.45, 7) is 2.89. The molecule has 128 valence electrons. The van der Waals surface area contributed by atoms with E-state index in [2.05, 4.69) is 0 Å². The third-order valence-electron chi connectivity index (χ3n) is 4.45. The SMILES string of the molecule is Cc1cccc(OCCCN2c3cccc4cccc(c34)S2(=O)=O)c1. The molecule has 0 N–H and O–H groups in total. The van der Waals surface area contributed by atoms with Crippen LogP contribution in [-0.4, -0.2) is 21.6 Å². The van der Waals surface area contributed by atoms with Crippen molar-refractivity contribution in [3.63, 3.8) is 0 Å². The van der Waals surface area contributed by atoms with Gasteiger partial charge in [-0.05, 0) is 42.1 Å². The lowest BCUT2D eigenvalue weighted by molar-refractivity contribution is 0.313. The van der Waals surface area contributed by atoms with E-state index in [1.807, 2.05) is 55.5 Å². The van der Waals surface area contributed by atoms with Gasteiger partial charge >= 0.3 is 0 Å². The monoisotopic (exact) mass is 353 g/mol. The summed E-state index contributed by atoms with van der Waals surface area (Å²) in [6, 6.07) is 19.0. The van der Waals surface area contributed by atoms with E-state index in [1.54, 1.807) is 12.1 Å². The summed E-state index contributed by atoms with van der Waals surface area (Å²) in [7, 11) is -3.47. The van der Waals surface area contributed by atoms with Crippen molar-refractivity contribution in [2.75, 3.05) is 17.5 Å². The van der Waals surface area contributed by atoms with Gasteiger partial charge in [-0.25, -0.2) is 8.42 Å². The van der Waals surface area contributed by atoms with E-state index >= 15 is 0 Å². The van der Waals surface area contributed by atoms with Gasteiger partial charge in [0.15, 0.2) is 0 Å². The molecule has 0 radical (unpaired) electrons. The van der Waals surface area contributed by atoms with Gasteiger partial charge in [0, 0.05) is 18.4 Å². The van der Waals surface area contributed by atoms with Gasteiger partial charge in [0.25, 0.3) is 10.0 Å². The van der Waals surface area contributed by atoms with Crippen LogP contribution in [0.4, 0.5) is 5.69 Å². The number of hydrogen-bond donors (Lipinski definition) is 0. The second-order valence-corrected chi connectivity index (χ2v) is 8.06. The average molecular weight is 353 g/mol. The van der Waals surface area contributed by atoms with Crippen molar-refractivity contribution < 1.29 is 13.2 Å². The molecule has 3 aromatic carbocycles. The molecule has 0 bridgehead atoms. The van der Waals surface area contributed by atoms with Crippen molar-refractivity contribution >= 4 is 26.5 Å². The van der Waals surface area contributed by atoms with E-state index in [0.29, 0.717) is 24.5 Å². The summed E-state index contributed by atoms with van der Waals surface area (Å²) in [5.74, 6) is 0.815. The first-order chi connectivity index (χ1) is 12.1. The van der Waals surface area contributed by atoms with Crippen LogP contribution in [0.15, 0.2) is 65.6 Å². The molecule has 0 aliphatic carbocycles. The molecule has 5 heteroatoms. The smallest absolute Gasteiger partial charge is 0.265 e. The highest BCUT2D eigenvalue weighted by atomic mass is 32.2. The lowest BCUT2D eigenvalue weighted by atomic mass is 10.1. The first-order valence-electron chi connectivity index (χ1n) is 8.31. The van der Waals surface area contributed by atoms with Crippen LogP contribution in [0.25, 0.3) is 10.8 Å². The molecule has 0 fully saturated rings. The van der Waals surface area contributed by atoms with Crippen molar-refractivity contribution in [1.82, 2.24) is 0 Å². The van der Waals surface area contributed by atoms with Gasteiger partial charge in [0.2, 0.25) is 0 Å². The molecule has 0 spiro atoms. The predicted octanol–water partition coefficient (Wildman–Crippen LogP) is 4.13. The van der Waals surface area contributed by atoms with E-state index in [9.17, 15) is 8.42 Å². The molecule has 4 rings (SSSR count). The standard InChI is InChI=1S/C20H19NO3S/c1-15-6-2-9-17(14-15)24-13-5-12-21-18-10-3-7-16-8-4-11-19(20(16)18)25(21,22)23/h2-4,6-11,14H,5,12-13H2,1H3. The summed E-state index contributed by atoms with van der Waals surface area (Å²) < 4.78 is 33.0. The molecule has 1 aliphatic rings. The number of anilines is 1. The van der Waals surface area contributed by atoms with Gasteiger partial charge in [0.05, 0.1) is 17.2 Å². The van der Waals surface area contributed by atoms with Crippen LogP contribution in [0.2, 0.25) is 0 Å². The van der Waals surface area contributed by atoms with Gasteiger partial charge in [-0.1, -0.05) is 36.4 Å². The number of ether oxygens (including phenoxy) is 1. The maximum atomic E-state index is 12.9. The maximum absolute atomic E-state index is 12.9. The predicted molar refractivity (Wildman–Crippen MR) is 99.8 cm³/mol. The summed E-state index contributed by atoms with van der Waals surface area (Å²) >= 11 is 0. The molecule has 0 aromatic heterocycles. The van der Waals surface area contributed by atoms with E-state index in [0.717, 1.165) is 27.8 Å². The molecular formula is C20H19NO3S. The fourth-order valence-corrected chi connectivity index (χ4v) is 5.05. The fraction of sp³-hybridized carbons (Fsp3) is 0.200. The number of nitrogens with zero attached hydrogens (tertiary/aromatic N) is 1. The normalized spacial score (nSPS) is 14.8. The zero-order valence-electron chi connectivity index (χ0n) is 14.0. The minimum Gasteiger partial charge on any atom is -0.494 e. The quantitative estimate of drug-likeness (QED) is 0.648. The molecule has 1 heterocycles. The summed E-state index contributed by atoms with van der Waals surface area (Å²) in [4.78, 5) is 0.403. The van der Waals surface area contributed by atoms with E-state index < -0.39 is 10.0 Å². The summed E-state index contributed by atoms with van der Waals surface area (Å²) in [5.41, 5.74) is 1.91. The van der Waals surface area contributed by atoms with Gasteiger partial charge in [-0.2, -0.15) is 0 Å². The Bertz CT molecular complexity index is 1040. The molecule has 0 saturated heterocycles. The Morgan fingerprint density at radius 3 is 2.56 bits per heavy atom. The lowest BCUT2D eigenvalue weighted by Crippen LogP contribution is -2.29. The third-order valence-corrected chi connectivity index (χ3v) is 6.30. The minimum absolute atomic E-state index is 0.403. The Hall–Kier alpha value is -2.53. The number of rotatable bonds is 5. The highest BCUT2D eigenvalue weighted by Gasteiger charge is 2.34. The van der Waals surface area contributed by atoms with E-state index in [4.69, 9.17) is 4.74 Å². The molecule has 0 amide bonds. The zero-order chi connectivity index (χ0) is 17.4. The number of benzene rings is 3. The summed E-state index contributed by atoms with van der Waals surface area (Å²) in [5, 5.41) is 1.78. The Kier molecular flexibility index (Phi) is 3.88. The molecule has 0 unspecified atom stereocenters. The first kappa shape index (κ1) is 16.0. The Morgan fingerprint density at radius 2 is 1.76 bits per heavy atom. The highest BCUT2D eigenvalue weighted by molar-refractivity contribution is 7.93. The average Bonchev–Trinajstić information content (AvgIpc) is 2.82. The number of hydrogen-bond acceptors (Lipinski definition) is 3. The van der Waals surface area contributed by atoms with Crippen LogP contribution >= 0.6 is 0 Å². The zero-order valence-corrected chi connectivity index (χ0v) is 14.8. The molecule has 1 aliphatic heterocycles. The van der Waals surface area contributed by atoms with Crippen molar-refractivity contribution in [3.8, 4) is 5.75 Å². The number of aryl methyl sites for hydroxylation is 1. The molecular weight excluding hydrogens is 334 g/mol. The van der Waals surface area contributed by atoms with Crippen molar-refractivity contribution in [2.24, 2.45) is 0 Å². The van der Waals surface area contributed by atoms with E-state index in [1.165, 1.54) is 4.31 Å². The highest BCUT2D eigenvalue weighted by Crippen LogP contribution is 2.41. The largest absolute Gasteiger partial charge is 0.494 e. The molecule has 4 nitrogen and oxygen atoms in total. The van der Waals surface area contributed by atoms with Crippen molar-refractivity contribution in [3.05, 3.63) is 66.2 Å². The first-order valence-corrected chi connectivity index (χ1v) is 9.75. The maximum Gasteiger partial charge on any atom is 0.265 e. The van der Waals surface area contributed by atoms with Crippen molar-refractivity contribution in [1.29, 1.82) is 0 Å². The topological polar surface area (TPSA) is 46.6 Å². The lowest BCUT2D eigenvalue weighted by Gasteiger charge is -2.18. The van der Waals surface area contributed by atoms with Gasteiger partial charge < -0.3 is 4.74 Å². The van der Waals surface area contributed by atoms with Crippen LogP contribution in [-0.2, 0) is 10.0 Å². The second-order valence-electron chi connectivity index (χ2n) is 6.23. The fourth-order valence-electron chi connectivity index (χ4n) is 3.30. The number of sulfonamides is 1. The van der Waals surface area contributed by atoms with Crippen LogP contribution in [0.1, 0.15) is 12.0 Å². The molecule has 25 heavy (non-hydrogen) atoms. The van der Waals surface area contributed by atoms with Crippen molar-refractivity contribution in [2.45, 2.75) is 18.2 Å². The van der Waals surface area contributed by atoms with Crippen LogP contribution in [0.5, 0.6) is 5.75 Å². The minimum atomic E-state index is -3.47.